The molecule has 3 heterocycles. The van der Waals surface area contributed by atoms with Gasteiger partial charge in [-0.15, -0.1) is 0 Å². The number of Topliss-reactive ketones (excluding diaryl/α,β-unsaturated/α-hetero) is 1. The lowest BCUT2D eigenvalue weighted by molar-refractivity contribution is -0.229. The Kier molecular flexibility index (Phi) is 6.09. The number of furan rings is 1. The molecule has 0 radical (unpaired) electrons. The van der Waals surface area contributed by atoms with E-state index in [1.54, 1.807) is 18.6 Å². The molecular weight excluding hydrogens is 440 g/mol. The number of ether oxygens (including phenoxy) is 4. The predicted octanol–water partition coefficient (Wildman–Crippen LogP) is 3.98. The summed E-state index contributed by atoms with van der Waals surface area (Å²) in [6, 6.07) is 1.79. The second-order valence-electron chi connectivity index (χ2n) is 10.9. The zero-order chi connectivity index (χ0) is 24.1. The molecule has 2 saturated carbocycles. The molecule has 0 amide bonds. The molecule has 1 aromatic heterocycles. The van der Waals surface area contributed by atoms with Crippen molar-refractivity contribution >= 4 is 17.7 Å². The summed E-state index contributed by atoms with van der Waals surface area (Å²) in [5.41, 5.74) is -0.554. The molecule has 1 aromatic rings. The smallest absolute Gasteiger partial charge is 0.310 e. The van der Waals surface area contributed by atoms with Crippen LogP contribution in [0.1, 0.15) is 70.5 Å². The maximum atomic E-state index is 14.2. The Balaban J connectivity index is 1.53. The molecular formula is C26H34O8. The molecule has 8 unspecified atom stereocenters. The fourth-order valence-electron chi connectivity index (χ4n) is 7.28. The summed E-state index contributed by atoms with van der Waals surface area (Å²) in [7, 11) is 1.39. The summed E-state index contributed by atoms with van der Waals surface area (Å²) in [5, 5.41) is 0. The molecule has 0 bridgehead atoms. The molecule has 4 fully saturated rings. The van der Waals surface area contributed by atoms with E-state index in [0.29, 0.717) is 25.9 Å². The van der Waals surface area contributed by atoms with Gasteiger partial charge in [-0.2, -0.15) is 0 Å². The minimum Gasteiger partial charge on any atom is -0.472 e. The first kappa shape index (κ1) is 23.5. The zero-order valence-corrected chi connectivity index (χ0v) is 20.1. The van der Waals surface area contributed by atoms with Gasteiger partial charge in [0.2, 0.25) is 0 Å². The third-order valence-corrected chi connectivity index (χ3v) is 8.96. The van der Waals surface area contributed by atoms with Crippen molar-refractivity contribution in [1.29, 1.82) is 0 Å². The number of rotatable bonds is 4. The topological polar surface area (TPSA) is 101 Å². The van der Waals surface area contributed by atoms with Crippen LogP contribution in [0.5, 0.6) is 0 Å². The fourth-order valence-corrected chi connectivity index (χ4v) is 7.28. The Bertz CT molecular complexity index is 935. The lowest BCUT2D eigenvalue weighted by Gasteiger charge is -2.61. The highest BCUT2D eigenvalue weighted by Gasteiger charge is 2.67. The van der Waals surface area contributed by atoms with Crippen LogP contribution in [0.3, 0.4) is 0 Å². The average molecular weight is 475 g/mol. The van der Waals surface area contributed by atoms with Crippen molar-refractivity contribution < 1.29 is 37.7 Å². The Morgan fingerprint density at radius 2 is 1.97 bits per heavy atom. The Morgan fingerprint density at radius 3 is 2.65 bits per heavy atom. The third kappa shape index (κ3) is 3.70. The van der Waals surface area contributed by atoms with Gasteiger partial charge in [0.15, 0.2) is 12.1 Å². The molecule has 8 nitrogen and oxygen atoms in total. The van der Waals surface area contributed by atoms with Crippen molar-refractivity contribution in [2.45, 2.75) is 77.3 Å². The number of methoxy groups -OCH3 is 1. The van der Waals surface area contributed by atoms with Crippen LogP contribution in [-0.2, 0) is 33.3 Å². The number of hydrogen-bond donors (Lipinski definition) is 0. The highest BCUT2D eigenvalue weighted by molar-refractivity contribution is 5.92. The molecule has 2 aliphatic carbocycles. The van der Waals surface area contributed by atoms with Crippen molar-refractivity contribution in [3.05, 3.63) is 24.2 Å². The van der Waals surface area contributed by atoms with E-state index in [-0.39, 0.29) is 24.1 Å². The second-order valence-corrected chi connectivity index (χ2v) is 10.9. The molecule has 0 aromatic carbocycles. The van der Waals surface area contributed by atoms with Crippen molar-refractivity contribution in [3.63, 3.8) is 0 Å². The van der Waals surface area contributed by atoms with Crippen molar-refractivity contribution in [3.8, 4) is 0 Å². The van der Waals surface area contributed by atoms with Crippen molar-refractivity contribution in [2.75, 3.05) is 13.7 Å². The number of carbonyl (C=O) groups is 3. The first-order valence-corrected chi connectivity index (χ1v) is 12.4. The number of carbonyl (C=O) groups excluding carboxylic acids is 3. The minimum absolute atomic E-state index is 0.0373. The molecule has 0 N–H and O–H groups in total. The highest BCUT2D eigenvalue weighted by Crippen LogP contribution is 2.65. The van der Waals surface area contributed by atoms with E-state index in [4.69, 9.17) is 23.4 Å². The van der Waals surface area contributed by atoms with Crippen LogP contribution in [-0.4, -0.2) is 43.8 Å². The monoisotopic (exact) mass is 474 g/mol. The van der Waals surface area contributed by atoms with Crippen LogP contribution < -0.4 is 0 Å². The van der Waals surface area contributed by atoms with Gasteiger partial charge in [0, 0.05) is 18.1 Å². The van der Waals surface area contributed by atoms with Crippen LogP contribution in [0, 0.1) is 28.6 Å². The van der Waals surface area contributed by atoms with Crippen LogP contribution in [0.25, 0.3) is 0 Å². The molecule has 8 atom stereocenters. The van der Waals surface area contributed by atoms with Crippen LogP contribution in [0.2, 0.25) is 0 Å². The van der Waals surface area contributed by atoms with E-state index in [1.807, 2.05) is 13.8 Å². The quantitative estimate of drug-likeness (QED) is 0.477. The molecule has 5 rings (SSSR count). The SMILES string of the molecule is COC(=O)C1CC(OC2CCCCO2)C(=O)C2C1(C)CCC1C(=O)OC(c3ccoc3)CC12C. The molecule has 186 valence electrons. The molecule has 0 spiro atoms. The van der Waals surface area contributed by atoms with Crippen molar-refractivity contribution in [2.24, 2.45) is 28.6 Å². The number of hydrogen-bond acceptors (Lipinski definition) is 8. The van der Waals surface area contributed by atoms with Gasteiger partial charge in [0.25, 0.3) is 0 Å². The van der Waals surface area contributed by atoms with Crippen LogP contribution >= 0.6 is 0 Å². The number of esters is 2. The van der Waals surface area contributed by atoms with E-state index < -0.39 is 47.1 Å². The average Bonchev–Trinajstić information content (AvgIpc) is 3.35. The molecule has 2 aliphatic heterocycles. The predicted molar refractivity (Wildman–Crippen MR) is 118 cm³/mol. The van der Waals surface area contributed by atoms with Crippen LogP contribution in [0.4, 0.5) is 0 Å². The van der Waals surface area contributed by atoms with Gasteiger partial charge in [-0.25, -0.2) is 0 Å². The van der Waals surface area contributed by atoms with E-state index in [2.05, 4.69) is 0 Å². The molecule has 8 heteroatoms. The van der Waals surface area contributed by atoms with Gasteiger partial charge in [0.05, 0.1) is 31.5 Å². The Labute approximate surface area is 199 Å². The van der Waals surface area contributed by atoms with Gasteiger partial charge in [-0.3, -0.25) is 14.4 Å². The van der Waals surface area contributed by atoms with Crippen LogP contribution in [0.15, 0.2) is 23.0 Å². The molecule has 2 saturated heterocycles. The maximum Gasteiger partial charge on any atom is 0.310 e. The third-order valence-electron chi connectivity index (χ3n) is 8.96. The largest absolute Gasteiger partial charge is 0.472 e. The standard InChI is InChI=1S/C26H34O8/c1-25-9-7-16-24(29)34-19(15-8-11-31-14-15)13-26(16,2)22(25)21(27)18(12-17(25)23(28)30-3)33-20-6-4-5-10-32-20/h8,11,14,16-20,22H,4-7,9-10,12-13H2,1-3H3. The normalized spacial score (nSPS) is 42.3. The highest BCUT2D eigenvalue weighted by atomic mass is 16.7. The number of fused-ring (bicyclic) bond motifs is 3. The first-order valence-electron chi connectivity index (χ1n) is 12.4. The lowest BCUT2D eigenvalue weighted by atomic mass is 9.43. The first-order chi connectivity index (χ1) is 16.3. The summed E-state index contributed by atoms with van der Waals surface area (Å²) in [6.45, 7) is 4.63. The maximum absolute atomic E-state index is 14.2. The van der Waals surface area contributed by atoms with E-state index in [0.717, 1.165) is 24.8 Å². The van der Waals surface area contributed by atoms with Gasteiger partial charge in [-0.1, -0.05) is 13.8 Å². The van der Waals surface area contributed by atoms with Gasteiger partial charge >= 0.3 is 11.9 Å². The Morgan fingerprint density at radius 1 is 1.15 bits per heavy atom. The summed E-state index contributed by atoms with van der Waals surface area (Å²) in [4.78, 5) is 40.4. The van der Waals surface area contributed by atoms with Gasteiger partial charge in [0.1, 0.15) is 12.2 Å². The van der Waals surface area contributed by atoms with Gasteiger partial charge < -0.3 is 23.4 Å². The summed E-state index contributed by atoms with van der Waals surface area (Å²) in [6.07, 6.45) is 5.98. The molecule has 4 aliphatic rings. The fraction of sp³-hybridized carbons (Fsp3) is 0.731. The Hall–Kier alpha value is -2.19. The summed E-state index contributed by atoms with van der Waals surface area (Å²) in [5.74, 6) is -2.12. The zero-order valence-electron chi connectivity index (χ0n) is 20.1. The van der Waals surface area contributed by atoms with E-state index in [9.17, 15) is 14.4 Å². The van der Waals surface area contributed by atoms with E-state index >= 15 is 0 Å². The molecule has 34 heavy (non-hydrogen) atoms. The van der Waals surface area contributed by atoms with Gasteiger partial charge in [-0.05, 0) is 61.8 Å². The number of ketones is 1. The summed E-state index contributed by atoms with van der Waals surface area (Å²) < 4.78 is 28.2. The second kappa shape index (κ2) is 8.79. The van der Waals surface area contributed by atoms with E-state index in [1.165, 1.54) is 7.11 Å². The minimum atomic E-state index is -0.772. The lowest BCUT2D eigenvalue weighted by Crippen LogP contribution is -2.65. The summed E-state index contributed by atoms with van der Waals surface area (Å²) >= 11 is 0. The number of cyclic esters (lactones) is 1. The van der Waals surface area contributed by atoms with Crippen molar-refractivity contribution in [1.82, 2.24) is 0 Å².